The molecule has 1 aromatic heterocycles. The van der Waals surface area contributed by atoms with E-state index in [4.69, 9.17) is 0 Å². The van der Waals surface area contributed by atoms with Crippen molar-refractivity contribution in [3.8, 4) is 0 Å². The van der Waals surface area contributed by atoms with Crippen LogP contribution in [0, 0.1) is 23.3 Å². The van der Waals surface area contributed by atoms with Gasteiger partial charge in [-0.15, -0.1) is 10.2 Å². The number of nitrogens with one attached hydrogen (secondary N) is 2. The Labute approximate surface area is 144 Å². The van der Waals surface area contributed by atoms with Gasteiger partial charge in [-0.2, -0.15) is 0 Å². The van der Waals surface area contributed by atoms with Crippen LogP contribution in [0.25, 0.3) is 0 Å². The van der Waals surface area contributed by atoms with E-state index >= 15 is 0 Å². The Kier molecular flexibility index (Phi) is 4.78. The summed E-state index contributed by atoms with van der Waals surface area (Å²) in [6.07, 6.45) is 0. The van der Waals surface area contributed by atoms with Crippen LogP contribution in [0.15, 0.2) is 48.5 Å². The second-order valence-corrected chi connectivity index (χ2v) is 5.14. The highest BCUT2D eigenvalue weighted by molar-refractivity contribution is 6.02. The predicted octanol–water partition coefficient (Wildman–Crippen LogP) is 4.03. The zero-order valence-corrected chi connectivity index (χ0v) is 12.9. The second-order valence-electron chi connectivity index (χ2n) is 5.14. The van der Waals surface area contributed by atoms with Crippen molar-refractivity contribution in [2.24, 2.45) is 0 Å². The SMILES string of the molecule is O=C(Nc1ccc(F)c(F)c1)c1ccc(Nc2ccc(F)cc2F)nn1. The molecule has 2 N–H and O–H groups in total. The first kappa shape index (κ1) is 17.3. The van der Waals surface area contributed by atoms with Gasteiger partial charge in [0.15, 0.2) is 23.1 Å². The average Bonchev–Trinajstić information content (AvgIpc) is 2.61. The van der Waals surface area contributed by atoms with Gasteiger partial charge < -0.3 is 10.6 Å². The number of rotatable bonds is 4. The van der Waals surface area contributed by atoms with Crippen molar-refractivity contribution >= 4 is 23.1 Å². The first-order valence-electron chi connectivity index (χ1n) is 7.24. The number of anilines is 3. The van der Waals surface area contributed by atoms with E-state index in [-0.39, 0.29) is 22.9 Å². The molecule has 3 rings (SSSR count). The van der Waals surface area contributed by atoms with Gasteiger partial charge in [0.25, 0.3) is 5.91 Å². The Balaban J connectivity index is 1.70. The molecule has 0 saturated carbocycles. The van der Waals surface area contributed by atoms with E-state index in [1.807, 2.05) is 0 Å². The highest BCUT2D eigenvalue weighted by Crippen LogP contribution is 2.19. The molecule has 0 aliphatic rings. The molecule has 1 amide bonds. The maximum atomic E-state index is 13.6. The molecule has 9 heteroatoms. The van der Waals surface area contributed by atoms with Gasteiger partial charge in [0, 0.05) is 17.8 Å². The van der Waals surface area contributed by atoms with Crippen molar-refractivity contribution < 1.29 is 22.4 Å². The van der Waals surface area contributed by atoms with Crippen LogP contribution in [0.1, 0.15) is 10.5 Å². The highest BCUT2D eigenvalue weighted by Gasteiger charge is 2.11. The lowest BCUT2D eigenvalue weighted by Crippen LogP contribution is -2.15. The third-order valence-electron chi connectivity index (χ3n) is 3.27. The number of nitrogens with zero attached hydrogens (tertiary/aromatic N) is 2. The van der Waals surface area contributed by atoms with E-state index in [1.165, 1.54) is 24.3 Å². The highest BCUT2D eigenvalue weighted by atomic mass is 19.2. The number of hydrogen-bond acceptors (Lipinski definition) is 4. The fourth-order valence-corrected chi connectivity index (χ4v) is 2.02. The van der Waals surface area contributed by atoms with Crippen molar-refractivity contribution in [2.75, 3.05) is 10.6 Å². The lowest BCUT2D eigenvalue weighted by Gasteiger charge is -2.07. The number of amides is 1. The summed E-state index contributed by atoms with van der Waals surface area (Å²) in [6.45, 7) is 0. The zero-order chi connectivity index (χ0) is 18.7. The average molecular weight is 362 g/mol. The fourth-order valence-electron chi connectivity index (χ4n) is 2.02. The number of carbonyl (C=O) groups excluding carboxylic acids is 1. The molecule has 0 unspecified atom stereocenters. The Morgan fingerprint density at radius 1 is 0.808 bits per heavy atom. The second kappa shape index (κ2) is 7.18. The van der Waals surface area contributed by atoms with Gasteiger partial charge in [0.2, 0.25) is 0 Å². The number of halogens is 4. The van der Waals surface area contributed by atoms with Crippen molar-refractivity contribution in [3.05, 3.63) is 77.5 Å². The summed E-state index contributed by atoms with van der Waals surface area (Å²) in [5.41, 5.74) is -0.0640. The summed E-state index contributed by atoms with van der Waals surface area (Å²) in [4.78, 5) is 12.0. The molecular formula is C17H10F4N4O. The first-order valence-corrected chi connectivity index (χ1v) is 7.24. The van der Waals surface area contributed by atoms with Gasteiger partial charge >= 0.3 is 0 Å². The van der Waals surface area contributed by atoms with Crippen LogP contribution in [0.5, 0.6) is 0 Å². The van der Waals surface area contributed by atoms with E-state index in [0.717, 1.165) is 18.2 Å². The Morgan fingerprint density at radius 2 is 1.62 bits per heavy atom. The molecule has 0 aliphatic heterocycles. The molecule has 132 valence electrons. The first-order chi connectivity index (χ1) is 12.4. The number of benzene rings is 2. The minimum atomic E-state index is -1.10. The summed E-state index contributed by atoms with van der Waals surface area (Å²) in [5, 5.41) is 12.3. The maximum Gasteiger partial charge on any atom is 0.276 e. The van der Waals surface area contributed by atoms with Gasteiger partial charge in [-0.1, -0.05) is 0 Å². The molecule has 1 heterocycles. The summed E-state index contributed by atoms with van der Waals surface area (Å²) < 4.78 is 52.4. The monoisotopic (exact) mass is 362 g/mol. The molecule has 0 radical (unpaired) electrons. The van der Waals surface area contributed by atoms with E-state index in [9.17, 15) is 22.4 Å². The Bertz CT molecular complexity index is 963. The largest absolute Gasteiger partial charge is 0.336 e. The Morgan fingerprint density at radius 3 is 2.27 bits per heavy atom. The zero-order valence-electron chi connectivity index (χ0n) is 12.9. The summed E-state index contributed by atoms with van der Waals surface area (Å²) in [7, 11) is 0. The topological polar surface area (TPSA) is 66.9 Å². The minimum Gasteiger partial charge on any atom is -0.336 e. The van der Waals surface area contributed by atoms with Crippen LogP contribution in [0.4, 0.5) is 34.8 Å². The molecule has 0 fully saturated rings. The third-order valence-corrected chi connectivity index (χ3v) is 3.27. The van der Waals surface area contributed by atoms with E-state index in [2.05, 4.69) is 20.8 Å². The van der Waals surface area contributed by atoms with E-state index in [1.54, 1.807) is 0 Å². The van der Waals surface area contributed by atoms with Gasteiger partial charge in [0.1, 0.15) is 11.6 Å². The molecule has 2 aromatic carbocycles. The van der Waals surface area contributed by atoms with Crippen LogP contribution in [0.2, 0.25) is 0 Å². The number of carbonyl (C=O) groups is 1. The van der Waals surface area contributed by atoms with Gasteiger partial charge in [0.05, 0.1) is 5.69 Å². The molecule has 5 nitrogen and oxygen atoms in total. The van der Waals surface area contributed by atoms with E-state index in [0.29, 0.717) is 6.07 Å². The van der Waals surface area contributed by atoms with Crippen molar-refractivity contribution in [1.82, 2.24) is 10.2 Å². The van der Waals surface area contributed by atoms with Crippen molar-refractivity contribution in [2.45, 2.75) is 0 Å². The maximum absolute atomic E-state index is 13.6. The van der Waals surface area contributed by atoms with Crippen LogP contribution >= 0.6 is 0 Å². The lowest BCUT2D eigenvalue weighted by atomic mass is 10.2. The predicted molar refractivity (Wildman–Crippen MR) is 86.0 cm³/mol. The quantitative estimate of drug-likeness (QED) is 0.688. The molecular weight excluding hydrogens is 352 g/mol. The summed E-state index contributed by atoms with van der Waals surface area (Å²) in [5.74, 6) is -4.24. The summed E-state index contributed by atoms with van der Waals surface area (Å²) >= 11 is 0. The normalized spacial score (nSPS) is 10.5. The Hall–Kier alpha value is -3.49. The molecule has 0 aliphatic carbocycles. The molecule has 3 aromatic rings. The van der Waals surface area contributed by atoms with Gasteiger partial charge in [-0.3, -0.25) is 4.79 Å². The van der Waals surface area contributed by atoms with Crippen LogP contribution < -0.4 is 10.6 Å². The molecule has 0 bridgehead atoms. The van der Waals surface area contributed by atoms with Crippen molar-refractivity contribution in [1.29, 1.82) is 0 Å². The molecule has 0 saturated heterocycles. The molecule has 0 atom stereocenters. The van der Waals surface area contributed by atoms with Gasteiger partial charge in [-0.05, 0) is 36.4 Å². The van der Waals surface area contributed by atoms with E-state index < -0.39 is 29.2 Å². The van der Waals surface area contributed by atoms with Crippen molar-refractivity contribution in [3.63, 3.8) is 0 Å². The summed E-state index contributed by atoms with van der Waals surface area (Å²) in [6, 6.07) is 8.52. The minimum absolute atomic E-state index is 0.0142. The number of hydrogen-bond donors (Lipinski definition) is 2. The van der Waals surface area contributed by atoms with Crippen LogP contribution in [-0.4, -0.2) is 16.1 Å². The third kappa shape index (κ3) is 3.94. The molecule has 0 spiro atoms. The van der Waals surface area contributed by atoms with Crippen LogP contribution in [0.3, 0.4) is 0 Å². The molecule has 26 heavy (non-hydrogen) atoms. The lowest BCUT2D eigenvalue weighted by molar-refractivity contribution is 0.102. The van der Waals surface area contributed by atoms with Crippen LogP contribution in [-0.2, 0) is 0 Å². The standard InChI is InChI=1S/C17H10F4N4O/c18-9-1-4-14(13(21)7-9)23-16-6-5-15(24-25-16)17(26)22-10-2-3-11(19)12(20)8-10/h1-8H,(H,22,26)(H,23,25). The fraction of sp³-hybridized carbons (Fsp3) is 0. The van der Waals surface area contributed by atoms with Gasteiger partial charge in [-0.25, -0.2) is 17.6 Å². The number of aromatic nitrogens is 2. The smallest absolute Gasteiger partial charge is 0.276 e.